The highest BCUT2D eigenvalue weighted by molar-refractivity contribution is 6.27. The monoisotopic (exact) mass is 370 g/mol. The number of amides is 4. The lowest BCUT2D eigenvalue weighted by molar-refractivity contribution is -0.142. The third-order valence-electron chi connectivity index (χ3n) is 4.34. The number of carbonyl (C=O) groups is 4. The third-order valence-corrected chi connectivity index (χ3v) is 4.34. The fourth-order valence-corrected chi connectivity index (χ4v) is 3.04. The van der Waals surface area contributed by atoms with Crippen molar-refractivity contribution in [1.29, 1.82) is 0 Å². The number of aromatic amines is 1. The molecule has 9 heteroatoms. The fourth-order valence-electron chi connectivity index (χ4n) is 3.04. The summed E-state index contributed by atoms with van der Waals surface area (Å²) < 4.78 is 4.82. The van der Waals surface area contributed by atoms with E-state index >= 15 is 0 Å². The zero-order valence-corrected chi connectivity index (χ0v) is 14.7. The largest absolute Gasteiger partial charge is 0.467 e. The number of fused-ring (bicyclic) bond motifs is 1. The van der Waals surface area contributed by atoms with E-state index < -0.39 is 35.8 Å². The van der Waals surface area contributed by atoms with E-state index in [0.29, 0.717) is 0 Å². The molecule has 1 atom stereocenters. The number of imide groups is 2. The van der Waals surface area contributed by atoms with Gasteiger partial charge in [0, 0.05) is 29.2 Å². The Hall–Kier alpha value is -3.49. The van der Waals surface area contributed by atoms with Crippen LogP contribution in [0.2, 0.25) is 0 Å². The number of para-hydroxylation sites is 1. The molecular formula is C18H18N4O5. The number of aromatic nitrogens is 1. The predicted octanol–water partition coefficient (Wildman–Crippen LogP) is 0.695. The standard InChI is InChI=1S/C18H18N4O5/c1-9(14-15(23)21-18(26)22-16(14)24)20-13(17(25)27-2)7-10-8-19-12-6-4-3-5-11(10)12/h3-6,8,13-14,19H,7H2,1-2H3,(H2,21,22,23,24,26)/t13-/m1/s1. The van der Waals surface area contributed by atoms with Crippen molar-refractivity contribution in [2.24, 2.45) is 10.9 Å². The Kier molecular flexibility index (Phi) is 5.02. The van der Waals surface area contributed by atoms with Crippen LogP contribution < -0.4 is 10.6 Å². The van der Waals surface area contributed by atoms with E-state index in [1.165, 1.54) is 14.0 Å². The zero-order valence-electron chi connectivity index (χ0n) is 14.7. The van der Waals surface area contributed by atoms with Crippen molar-refractivity contribution in [3.63, 3.8) is 0 Å². The number of barbiturate groups is 1. The molecular weight excluding hydrogens is 352 g/mol. The molecule has 0 bridgehead atoms. The Morgan fingerprint density at radius 2 is 1.85 bits per heavy atom. The normalized spacial score (nSPS) is 16.8. The lowest BCUT2D eigenvalue weighted by atomic mass is 9.99. The van der Waals surface area contributed by atoms with E-state index in [9.17, 15) is 19.2 Å². The molecule has 1 fully saturated rings. The number of benzene rings is 1. The van der Waals surface area contributed by atoms with Crippen molar-refractivity contribution >= 4 is 40.4 Å². The van der Waals surface area contributed by atoms with Crippen LogP contribution in [0.25, 0.3) is 10.9 Å². The molecule has 27 heavy (non-hydrogen) atoms. The number of methoxy groups -OCH3 is 1. The van der Waals surface area contributed by atoms with Gasteiger partial charge in [-0.1, -0.05) is 18.2 Å². The first-order valence-corrected chi connectivity index (χ1v) is 8.23. The molecule has 3 rings (SSSR count). The topological polar surface area (TPSA) is 130 Å². The van der Waals surface area contributed by atoms with E-state index in [-0.39, 0.29) is 12.1 Å². The van der Waals surface area contributed by atoms with E-state index in [1.54, 1.807) is 6.20 Å². The minimum absolute atomic E-state index is 0.118. The summed E-state index contributed by atoms with van der Waals surface area (Å²) in [5.41, 5.74) is 1.89. The summed E-state index contributed by atoms with van der Waals surface area (Å²) in [6.45, 7) is 1.46. The first-order valence-electron chi connectivity index (χ1n) is 8.23. The van der Waals surface area contributed by atoms with E-state index in [4.69, 9.17) is 4.74 Å². The summed E-state index contributed by atoms with van der Waals surface area (Å²) in [7, 11) is 1.24. The van der Waals surface area contributed by atoms with Crippen molar-refractivity contribution < 1.29 is 23.9 Å². The van der Waals surface area contributed by atoms with Gasteiger partial charge in [0.05, 0.1) is 7.11 Å². The van der Waals surface area contributed by atoms with Gasteiger partial charge in [-0.25, -0.2) is 9.59 Å². The maximum Gasteiger partial charge on any atom is 0.330 e. The van der Waals surface area contributed by atoms with Gasteiger partial charge >= 0.3 is 12.0 Å². The quantitative estimate of drug-likeness (QED) is 0.405. The first kappa shape index (κ1) is 18.3. The van der Waals surface area contributed by atoms with Crippen LogP contribution in [-0.2, 0) is 25.5 Å². The number of ether oxygens (including phenoxy) is 1. The number of esters is 1. The number of aliphatic imine (C=N–C) groups is 1. The van der Waals surface area contributed by atoms with Crippen LogP contribution in [0.3, 0.4) is 0 Å². The highest BCUT2D eigenvalue weighted by Crippen LogP contribution is 2.21. The molecule has 1 saturated heterocycles. The molecule has 3 N–H and O–H groups in total. The molecule has 1 aromatic heterocycles. The fraction of sp³-hybridized carbons (Fsp3) is 0.278. The number of nitrogens with one attached hydrogen (secondary N) is 3. The Bertz CT molecular complexity index is 942. The maximum atomic E-state index is 12.2. The molecule has 2 aromatic rings. The molecule has 9 nitrogen and oxygen atoms in total. The third kappa shape index (κ3) is 3.71. The van der Waals surface area contributed by atoms with Crippen molar-refractivity contribution in [2.45, 2.75) is 19.4 Å². The van der Waals surface area contributed by atoms with Crippen LogP contribution in [0.1, 0.15) is 12.5 Å². The highest BCUT2D eigenvalue weighted by atomic mass is 16.5. The molecule has 0 radical (unpaired) electrons. The maximum absolute atomic E-state index is 12.2. The van der Waals surface area contributed by atoms with Crippen LogP contribution in [0, 0.1) is 5.92 Å². The highest BCUT2D eigenvalue weighted by Gasteiger charge is 2.37. The molecule has 0 saturated carbocycles. The predicted molar refractivity (Wildman–Crippen MR) is 96.1 cm³/mol. The Morgan fingerprint density at radius 3 is 2.52 bits per heavy atom. The Balaban J connectivity index is 1.89. The van der Waals surface area contributed by atoms with Crippen molar-refractivity contribution in [3.05, 3.63) is 36.0 Å². The summed E-state index contributed by atoms with van der Waals surface area (Å²) in [4.78, 5) is 54.7. The second-order valence-electron chi connectivity index (χ2n) is 6.11. The number of carbonyl (C=O) groups excluding carboxylic acids is 4. The second-order valence-corrected chi connectivity index (χ2v) is 6.11. The van der Waals surface area contributed by atoms with Gasteiger partial charge in [-0.15, -0.1) is 0 Å². The summed E-state index contributed by atoms with van der Waals surface area (Å²) in [5, 5.41) is 4.97. The first-order chi connectivity index (χ1) is 12.9. The molecule has 4 amide bonds. The summed E-state index contributed by atoms with van der Waals surface area (Å²) >= 11 is 0. The van der Waals surface area contributed by atoms with Crippen molar-refractivity contribution in [1.82, 2.24) is 15.6 Å². The number of urea groups is 1. The van der Waals surface area contributed by atoms with E-state index in [1.807, 2.05) is 34.9 Å². The van der Waals surface area contributed by atoms with Gasteiger partial charge in [-0.05, 0) is 18.6 Å². The zero-order chi connectivity index (χ0) is 19.6. The molecule has 1 aromatic carbocycles. The number of nitrogens with zero attached hydrogens (tertiary/aromatic N) is 1. The van der Waals surface area contributed by atoms with Gasteiger partial charge in [-0.2, -0.15) is 0 Å². The molecule has 1 aliphatic heterocycles. The minimum atomic E-state index is -1.28. The lowest BCUT2D eigenvalue weighted by Crippen LogP contribution is -2.57. The smallest absolute Gasteiger partial charge is 0.330 e. The molecule has 1 aliphatic rings. The minimum Gasteiger partial charge on any atom is -0.467 e. The van der Waals surface area contributed by atoms with Gasteiger partial charge in [0.25, 0.3) is 0 Å². The van der Waals surface area contributed by atoms with Crippen molar-refractivity contribution in [2.75, 3.05) is 7.11 Å². The lowest BCUT2D eigenvalue weighted by Gasteiger charge is -2.21. The number of H-pyrrole nitrogens is 1. The van der Waals surface area contributed by atoms with Crippen LogP contribution >= 0.6 is 0 Å². The molecule has 2 heterocycles. The number of hydrogen-bond donors (Lipinski definition) is 3. The van der Waals surface area contributed by atoms with E-state index in [2.05, 4.69) is 9.98 Å². The van der Waals surface area contributed by atoms with Gasteiger partial charge in [0.2, 0.25) is 11.8 Å². The molecule has 0 aliphatic carbocycles. The molecule has 0 spiro atoms. The summed E-state index contributed by atoms with van der Waals surface area (Å²) in [6.07, 6.45) is 2.01. The van der Waals surface area contributed by atoms with E-state index in [0.717, 1.165) is 16.5 Å². The average Bonchev–Trinajstić information content (AvgIpc) is 3.02. The van der Waals surface area contributed by atoms with Crippen LogP contribution in [0.4, 0.5) is 4.79 Å². The SMILES string of the molecule is COC(=O)[C@@H](Cc1c[nH]c2ccccc12)N=C(C)C1C(=O)NC(=O)NC1=O. The molecule has 140 valence electrons. The Labute approximate surface area is 154 Å². The summed E-state index contributed by atoms with van der Waals surface area (Å²) in [5.74, 6) is -3.42. The average molecular weight is 370 g/mol. The van der Waals surface area contributed by atoms with Gasteiger partial charge in [-0.3, -0.25) is 25.2 Å². The van der Waals surface area contributed by atoms with Gasteiger partial charge in [0.1, 0.15) is 0 Å². The summed E-state index contributed by atoms with van der Waals surface area (Å²) in [6, 6.07) is 5.79. The second kappa shape index (κ2) is 7.40. The van der Waals surface area contributed by atoms with Crippen LogP contribution in [-0.4, -0.2) is 47.7 Å². The Morgan fingerprint density at radius 1 is 1.19 bits per heavy atom. The van der Waals surface area contributed by atoms with Crippen LogP contribution in [0.5, 0.6) is 0 Å². The van der Waals surface area contributed by atoms with Crippen molar-refractivity contribution in [3.8, 4) is 0 Å². The van der Waals surface area contributed by atoms with Gasteiger partial charge in [0.15, 0.2) is 12.0 Å². The van der Waals surface area contributed by atoms with Crippen LogP contribution in [0.15, 0.2) is 35.5 Å². The molecule has 0 unspecified atom stereocenters. The van der Waals surface area contributed by atoms with Gasteiger partial charge < -0.3 is 9.72 Å². The number of hydrogen-bond acceptors (Lipinski definition) is 6. The number of rotatable bonds is 5.